The van der Waals surface area contributed by atoms with Crippen LogP contribution >= 0.6 is 11.8 Å². The van der Waals surface area contributed by atoms with Crippen LogP contribution in [-0.2, 0) is 11.8 Å². The van der Waals surface area contributed by atoms with Crippen LogP contribution in [0.15, 0.2) is 64.5 Å². The zero-order valence-electron chi connectivity index (χ0n) is 20.4. The minimum Gasteiger partial charge on any atom is -0.319 e. The highest BCUT2D eigenvalue weighted by Gasteiger charge is 2.26. The lowest BCUT2D eigenvalue weighted by atomic mass is 9.95. The van der Waals surface area contributed by atoms with Crippen LogP contribution in [0, 0.1) is 6.92 Å². The summed E-state index contributed by atoms with van der Waals surface area (Å²) in [4.78, 5) is 31.4. The molecule has 1 atom stereocenters. The van der Waals surface area contributed by atoms with Gasteiger partial charge in [-0.2, -0.15) is 0 Å². The van der Waals surface area contributed by atoms with Gasteiger partial charge >= 0.3 is 0 Å². The van der Waals surface area contributed by atoms with Gasteiger partial charge in [-0.3, -0.25) is 14.3 Å². The van der Waals surface area contributed by atoms with E-state index in [1.165, 1.54) is 31.0 Å². The van der Waals surface area contributed by atoms with Crippen LogP contribution in [0.5, 0.6) is 0 Å². The minimum absolute atomic E-state index is 0.205. The Bertz CT molecular complexity index is 1410. The van der Waals surface area contributed by atoms with Gasteiger partial charge in [-0.1, -0.05) is 61.4 Å². The maximum Gasteiger partial charge on any atom is 0.295 e. The molecule has 2 aromatic heterocycles. The molecule has 5 rings (SSSR count). The molecule has 1 aliphatic carbocycles. The van der Waals surface area contributed by atoms with Gasteiger partial charge in [-0.25, -0.2) is 9.67 Å². The fraction of sp³-hybridized carbons (Fsp3) is 0.370. The normalized spacial score (nSPS) is 15.4. The Morgan fingerprint density at radius 1 is 1.06 bits per heavy atom. The molecule has 8 heteroatoms. The number of hydrogen-bond acceptors (Lipinski definition) is 4. The van der Waals surface area contributed by atoms with E-state index in [2.05, 4.69) is 16.0 Å². The van der Waals surface area contributed by atoms with Crippen LogP contribution < -0.4 is 10.9 Å². The van der Waals surface area contributed by atoms with E-state index in [1.807, 2.05) is 69.4 Å². The highest BCUT2D eigenvalue weighted by Crippen LogP contribution is 2.36. The van der Waals surface area contributed by atoms with Gasteiger partial charge in [0.2, 0.25) is 5.91 Å². The van der Waals surface area contributed by atoms with Crippen molar-refractivity contribution in [3.63, 3.8) is 0 Å². The summed E-state index contributed by atoms with van der Waals surface area (Å²) in [6, 6.07) is 18.0. The number of rotatable bonds is 6. The lowest BCUT2D eigenvalue weighted by Gasteiger charge is -2.25. The molecule has 0 spiro atoms. The SMILES string of the molecule is Cc1c(NC(=O)[C@@H](C)Sc2nc3ccccc3n2C2CCCCC2)c(=O)n(-c2ccccc2)n1C. The number of thioether (sulfide) groups is 1. The van der Waals surface area contributed by atoms with E-state index in [0.717, 1.165) is 34.7 Å². The molecular formula is C27H31N5O2S. The molecule has 2 aromatic carbocycles. The number of amides is 1. The number of imidazole rings is 1. The molecule has 1 saturated carbocycles. The molecule has 1 amide bonds. The van der Waals surface area contributed by atoms with E-state index in [0.29, 0.717) is 17.4 Å². The first-order valence-electron chi connectivity index (χ1n) is 12.2. The Kier molecular flexibility index (Phi) is 6.56. The molecule has 0 saturated heterocycles. The third kappa shape index (κ3) is 4.43. The quantitative estimate of drug-likeness (QED) is 0.365. The monoisotopic (exact) mass is 489 g/mol. The second-order valence-corrected chi connectivity index (χ2v) is 10.5. The lowest BCUT2D eigenvalue weighted by Crippen LogP contribution is -2.27. The molecule has 0 radical (unpaired) electrons. The van der Waals surface area contributed by atoms with Crippen molar-refractivity contribution in [3.8, 4) is 5.69 Å². The van der Waals surface area contributed by atoms with Crippen molar-refractivity contribution in [2.45, 2.75) is 62.4 Å². The van der Waals surface area contributed by atoms with Crippen molar-refractivity contribution in [1.29, 1.82) is 0 Å². The summed E-state index contributed by atoms with van der Waals surface area (Å²) >= 11 is 1.46. The lowest BCUT2D eigenvalue weighted by molar-refractivity contribution is -0.115. The fourth-order valence-electron chi connectivity index (χ4n) is 4.95. The third-order valence-corrected chi connectivity index (χ3v) is 8.02. The highest BCUT2D eigenvalue weighted by atomic mass is 32.2. The number of anilines is 1. The maximum atomic E-state index is 13.3. The summed E-state index contributed by atoms with van der Waals surface area (Å²) in [5.74, 6) is -0.205. The number of carbonyl (C=O) groups is 1. The standard InChI is InChI=1S/C27H31N5O2S/c1-18-24(26(34)32(30(18)3)21-14-8-5-9-15-21)29-25(33)19(2)35-27-28-22-16-10-11-17-23(22)31(27)20-12-6-4-7-13-20/h5,8-11,14-17,19-20H,4,6-7,12-13H2,1-3H3,(H,29,33)/t19-/m1/s1. The molecule has 0 bridgehead atoms. The smallest absolute Gasteiger partial charge is 0.295 e. The van der Waals surface area contributed by atoms with Crippen molar-refractivity contribution in [2.24, 2.45) is 7.05 Å². The molecular weight excluding hydrogens is 458 g/mol. The molecule has 0 aliphatic heterocycles. The maximum absolute atomic E-state index is 13.3. The Labute approximate surface area is 209 Å². The van der Waals surface area contributed by atoms with Crippen molar-refractivity contribution < 1.29 is 4.79 Å². The van der Waals surface area contributed by atoms with Gasteiger partial charge < -0.3 is 9.88 Å². The Hall–Kier alpha value is -3.26. The van der Waals surface area contributed by atoms with Gasteiger partial charge in [0, 0.05) is 13.1 Å². The molecule has 1 N–H and O–H groups in total. The summed E-state index contributed by atoms with van der Waals surface area (Å²) < 4.78 is 5.68. The minimum atomic E-state index is -0.418. The van der Waals surface area contributed by atoms with Gasteiger partial charge in [0.15, 0.2) is 5.16 Å². The van der Waals surface area contributed by atoms with E-state index in [1.54, 1.807) is 9.36 Å². The van der Waals surface area contributed by atoms with Crippen LogP contribution in [0.2, 0.25) is 0 Å². The molecule has 35 heavy (non-hydrogen) atoms. The van der Waals surface area contributed by atoms with Crippen LogP contribution in [0.25, 0.3) is 16.7 Å². The largest absolute Gasteiger partial charge is 0.319 e. The second-order valence-electron chi connectivity index (χ2n) is 9.23. The summed E-state index contributed by atoms with van der Waals surface area (Å²) in [7, 11) is 1.82. The average Bonchev–Trinajstić information content (AvgIpc) is 3.34. The second kappa shape index (κ2) is 9.77. The number of benzene rings is 2. The van der Waals surface area contributed by atoms with Crippen LogP contribution in [0.4, 0.5) is 5.69 Å². The fourth-order valence-corrected chi connectivity index (χ4v) is 5.94. The topological polar surface area (TPSA) is 73.8 Å². The van der Waals surface area contributed by atoms with E-state index >= 15 is 0 Å². The summed E-state index contributed by atoms with van der Waals surface area (Å²) in [6.45, 7) is 3.72. The molecule has 0 unspecified atom stereocenters. The summed E-state index contributed by atoms with van der Waals surface area (Å²) in [5.41, 5.74) is 3.62. The number of hydrogen-bond donors (Lipinski definition) is 1. The van der Waals surface area contributed by atoms with Crippen molar-refractivity contribution in [3.05, 3.63) is 70.6 Å². The van der Waals surface area contributed by atoms with Crippen molar-refractivity contribution in [1.82, 2.24) is 18.9 Å². The first-order valence-corrected chi connectivity index (χ1v) is 13.1. The Morgan fingerprint density at radius 2 is 1.74 bits per heavy atom. The molecule has 1 aliphatic rings. The number of fused-ring (bicyclic) bond motifs is 1. The Balaban J connectivity index is 1.41. The zero-order valence-corrected chi connectivity index (χ0v) is 21.2. The first-order chi connectivity index (χ1) is 17.0. The number of aromatic nitrogens is 4. The molecule has 7 nitrogen and oxygen atoms in total. The van der Waals surface area contributed by atoms with E-state index in [4.69, 9.17) is 4.98 Å². The van der Waals surface area contributed by atoms with Gasteiger partial charge in [-0.15, -0.1) is 0 Å². The summed E-state index contributed by atoms with van der Waals surface area (Å²) in [6.07, 6.45) is 5.99. The van der Waals surface area contributed by atoms with Gasteiger partial charge in [0.1, 0.15) is 5.69 Å². The van der Waals surface area contributed by atoms with Gasteiger partial charge in [0.05, 0.1) is 27.7 Å². The number of nitrogens with one attached hydrogen (secondary N) is 1. The average molecular weight is 490 g/mol. The van der Waals surface area contributed by atoms with Crippen molar-refractivity contribution in [2.75, 3.05) is 5.32 Å². The predicted octanol–water partition coefficient (Wildman–Crippen LogP) is 5.46. The van der Waals surface area contributed by atoms with Crippen LogP contribution in [0.1, 0.15) is 50.8 Å². The van der Waals surface area contributed by atoms with Gasteiger partial charge in [-0.05, 0) is 51.0 Å². The number of nitrogens with zero attached hydrogens (tertiary/aromatic N) is 4. The van der Waals surface area contributed by atoms with E-state index in [-0.39, 0.29) is 11.5 Å². The molecule has 2 heterocycles. The van der Waals surface area contributed by atoms with Crippen LogP contribution in [-0.4, -0.2) is 30.1 Å². The first kappa shape index (κ1) is 23.5. The van der Waals surface area contributed by atoms with Crippen LogP contribution in [0.3, 0.4) is 0 Å². The number of carbonyl (C=O) groups excluding carboxylic acids is 1. The van der Waals surface area contributed by atoms with Crippen molar-refractivity contribution >= 4 is 34.4 Å². The summed E-state index contributed by atoms with van der Waals surface area (Å²) in [5, 5.41) is 3.36. The van der Waals surface area contributed by atoms with E-state index < -0.39 is 5.25 Å². The molecule has 1 fully saturated rings. The molecule has 182 valence electrons. The Morgan fingerprint density at radius 3 is 2.49 bits per heavy atom. The third-order valence-electron chi connectivity index (χ3n) is 6.96. The number of para-hydroxylation sites is 3. The molecule has 4 aromatic rings. The van der Waals surface area contributed by atoms with Gasteiger partial charge in [0.25, 0.3) is 5.56 Å². The van der Waals surface area contributed by atoms with E-state index in [9.17, 15) is 9.59 Å². The zero-order chi connectivity index (χ0) is 24.5. The highest BCUT2D eigenvalue weighted by molar-refractivity contribution is 8.00. The predicted molar refractivity (Wildman–Crippen MR) is 142 cm³/mol.